The van der Waals surface area contributed by atoms with Crippen molar-refractivity contribution in [3.05, 3.63) is 58.6 Å². The fourth-order valence-electron chi connectivity index (χ4n) is 1.60. The number of nitrogens with zero attached hydrogens (tertiary/aromatic N) is 1. The van der Waals surface area contributed by atoms with E-state index >= 15 is 0 Å². The summed E-state index contributed by atoms with van der Waals surface area (Å²) in [6.07, 6.45) is 1.86. The van der Waals surface area contributed by atoms with E-state index in [-0.39, 0.29) is 10.6 Å². The van der Waals surface area contributed by atoms with Crippen LogP contribution in [0.4, 0.5) is 4.39 Å². The van der Waals surface area contributed by atoms with Crippen molar-refractivity contribution in [1.29, 1.82) is 0 Å². The Morgan fingerprint density at radius 1 is 1.33 bits per heavy atom. The minimum absolute atomic E-state index is 0.148. The molecule has 0 radical (unpaired) electrons. The molecule has 1 aromatic carbocycles. The molecule has 1 unspecified atom stereocenters. The molecule has 5 heteroatoms. The molecule has 18 heavy (non-hydrogen) atoms. The zero-order valence-electron chi connectivity index (χ0n) is 9.60. The highest BCUT2D eigenvalue weighted by Gasteiger charge is 2.16. The van der Waals surface area contributed by atoms with Gasteiger partial charge in [-0.3, -0.25) is 4.98 Å². The Balaban J connectivity index is 2.37. The minimum Gasteiger partial charge on any atom is -0.495 e. The number of halogens is 2. The predicted molar refractivity (Wildman–Crippen MR) is 66.3 cm³/mol. The van der Waals surface area contributed by atoms with Gasteiger partial charge in [0.2, 0.25) is 0 Å². The van der Waals surface area contributed by atoms with Gasteiger partial charge in [-0.25, -0.2) is 4.39 Å². The summed E-state index contributed by atoms with van der Waals surface area (Å²) in [6, 6.07) is 5.73. The number of rotatable bonds is 3. The first-order valence-electron chi connectivity index (χ1n) is 5.24. The van der Waals surface area contributed by atoms with Crippen molar-refractivity contribution in [2.24, 2.45) is 0 Å². The number of hydrogen-bond donors (Lipinski definition) is 1. The lowest BCUT2D eigenvalue weighted by Crippen LogP contribution is -2.03. The van der Waals surface area contributed by atoms with Gasteiger partial charge in [-0.2, -0.15) is 0 Å². The first-order valence-corrected chi connectivity index (χ1v) is 5.61. The standard InChI is InChI=1S/C13H11ClFNO2/c1-18-10-4-8(6-16-7-10)13(17)11-3-2-9(14)5-12(11)15/h2-7,13,17H,1H3. The number of hydrogen-bond acceptors (Lipinski definition) is 3. The summed E-state index contributed by atoms with van der Waals surface area (Å²) in [4.78, 5) is 3.92. The molecule has 0 aliphatic heterocycles. The van der Waals surface area contributed by atoms with Crippen molar-refractivity contribution < 1.29 is 14.2 Å². The highest BCUT2D eigenvalue weighted by Crippen LogP contribution is 2.27. The minimum atomic E-state index is -1.11. The summed E-state index contributed by atoms with van der Waals surface area (Å²) in [6.45, 7) is 0. The van der Waals surface area contributed by atoms with E-state index in [0.717, 1.165) is 6.07 Å². The average Bonchev–Trinajstić information content (AvgIpc) is 2.38. The summed E-state index contributed by atoms with van der Waals surface area (Å²) in [5.74, 6) is -0.0567. The molecule has 2 rings (SSSR count). The van der Waals surface area contributed by atoms with Gasteiger partial charge in [0.05, 0.1) is 13.3 Å². The van der Waals surface area contributed by atoms with Crippen LogP contribution >= 0.6 is 11.6 Å². The topological polar surface area (TPSA) is 42.4 Å². The zero-order valence-corrected chi connectivity index (χ0v) is 10.4. The van der Waals surface area contributed by atoms with Crippen LogP contribution in [0.25, 0.3) is 0 Å². The van der Waals surface area contributed by atoms with Crippen molar-refractivity contribution in [2.75, 3.05) is 7.11 Å². The molecule has 0 spiro atoms. The largest absolute Gasteiger partial charge is 0.495 e. The lowest BCUT2D eigenvalue weighted by Gasteiger charge is -2.13. The molecule has 0 saturated carbocycles. The van der Waals surface area contributed by atoms with Crippen molar-refractivity contribution in [3.63, 3.8) is 0 Å². The van der Waals surface area contributed by atoms with Gasteiger partial charge in [0.1, 0.15) is 17.7 Å². The smallest absolute Gasteiger partial charge is 0.137 e. The van der Waals surface area contributed by atoms with E-state index in [1.165, 1.54) is 31.6 Å². The summed E-state index contributed by atoms with van der Waals surface area (Å²) in [5.41, 5.74) is 0.602. The highest BCUT2D eigenvalue weighted by molar-refractivity contribution is 6.30. The Kier molecular flexibility index (Phi) is 3.79. The molecule has 0 saturated heterocycles. The van der Waals surface area contributed by atoms with Crippen molar-refractivity contribution in [3.8, 4) is 5.75 Å². The highest BCUT2D eigenvalue weighted by atomic mass is 35.5. The van der Waals surface area contributed by atoms with Gasteiger partial charge in [0.25, 0.3) is 0 Å². The second kappa shape index (κ2) is 5.33. The molecule has 1 N–H and O–H groups in total. The van der Waals surface area contributed by atoms with Gasteiger partial charge >= 0.3 is 0 Å². The summed E-state index contributed by atoms with van der Waals surface area (Å²) < 4.78 is 18.7. The van der Waals surface area contributed by atoms with Crippen LogP contribution in [-0.4, -0.2) is 17.2 Å². The van der Waals surface area contributed by atoms with E-state index in [1.54, 1.807) is 6.07 Å². The third kappa shape index (κ3) is 2.60. The van der Waals surface area contributed by atoms with Crippen LogP contribution in [0.2, 0.25) is 5.02 Å². The zero-order chi connectivity index (χ0) is 13.1. The molecule has 0 amide bonds. The maximum absolute atomic E-state index is 13.7. The number of methoxy groups -OCH3 is 1. The van der Waals surface area contributed by atoms with Gasteiger partial charge in [-0.15, -0.1) is 0 Å². The second-order valence-corrected chi connectivity index (χ2v) is 4.16. The SMILES string of the molecule is COc1cncc(C(O)c2ccc(Cl)cc2F)c1. The van der Waals surface area contributed by atoms with Crippen LogP contribution < -0.4 is 4.74 Å². The molecule has 0 bridgehead atoms. The molecule has 0 aliphatic rings. The molecule has 0 fully saturated rings. The lowest BCUT2D eigenvalue weighted by molar-refractivity contribution is 0.214. The maximum atomic E-state index is 13.7. The molecule has 94 valence electrons. The van der Waals surface area contributed by atoms with Crippen LogP contribution in [-0.2, 0) is 0 Å². The van der Waals surface area contributed by atoms with Crippen molar-refractivity contribution >= 4 is 11.6 Å². The molecule has 2 aromatic rings. The van der Waals surface area contributed by atoms with Gasteiger partial charge < -0.3 is 9.84 Å². The van der Waals surface area contributed by atoms with Gasteiger partial charge in [0.15, 0.2) is 0 Å². The molecule has 1 atom stereocenters. The molecule has 0 aliphatic carbocycles. The van der Waals surface area contributed by atoms with E-state index in [1.807, 2.05) is 0 Å². The first-order chi connectivity index (χ1) is 8.61. The van der Waals surface area contributed by atoms with Gasteiger partial charge in [-0.05, 0) is 18.2 Å². The Bertz CT molecular complexity index is 562. The molecule has 3 nitrogen and oxygen atoms in total. The van der Waals surface area contributed by atoms with E-state index in [2.05, 4.69) is 4.98 Å². The number of benzene rings is 1. The molecule has 1 heterocycles. The quantitative estimate of drug-likeness (QED) is 0.930. The summed E-state index contributed by atoms with van der Waals surface area (Å²) in [5, 5.41) is 10.4. The van der Waals surface area contributed by atoms with Crippen LogP contribution in [0.1, 0.15) is 17.2 Å². The van der Waals surface area contributed by atoms with Gasteiger partial charge in [0, 0.05) is 22.3 Å². The first kappa shape index (κ1) is 12.8. The summed E-state index contributed by atoms with van der Waals surface area (Å²) >= 11 is 5.66. The Morgan fingerprint density at radius 2 is 2.11 bits per heavy atom. The fourth-order valence-corrected chi connectivity index (χ4v) is 1.76. The number of aromatic nitrogens is 1. The molecular formula is C13H11ClFNO2. The fraction of sp³-hybridized carbons (Fsp3) is 0.154. The number of ether oxygens (including phenoxy) is 1. The molecular weight excluding hydrogens is 257 g/mol. The Morgan fingerprint density at radius 3 is 2.78 bits per heavy atom. The number of pyridine rings is 1. The normalized spacial score (nSPS) is 12.2. The van der Waals surface area contributed by atoms with Crippen LogP contribution in [0, 0.1) is 5.82 Å². The number of aliphatic hydroxyl groups is 1. The number of aliphatic hydroxyl groups excluding tert-OH is 1. The second-order valence-electron chi connectivity index (χ2n) is 3.73. The third-order valence-electron chi connectivity index (χ3n) is 2.54. The summed E-state index contributed by atoms with van der Waals surface area (Å²) in [7, 11) is 1.50. The predicted octanol–water partition coefficient (Wildman–Crippen LogP) is 2.96. The lowest BCUT2D eigenvalue weighted by atomic mass is 10.0. The van der Waals surface area contributed by atoms with E-state index in [9.17, 15) is 9.50 Å². The maximum Gasteiger partial charge on any atom is 0.137 e. The molecule has 1 aromatic heterocycles. The van der Waals surface area contributed by atoms with Crippen molar-refractivity contribution in [2.45, 2.75) is 6.10 Å². The van der Waals surface area contributed by atoms with Crippen LogP contribution in [0.15, 0.2) is 36.7 Å². The third-order valence-corrected chi connectivity index (χ3v) is 2.78. The van der Waals surface area contributed by atoms with Crippen LogP contribution in [0.3, 0.4) is 0 Å². The van der Waals surface area contributed by atoms with E-state index < -0.39 is 11.9 Å². The Hall–Kier alpha value is -1.65. The average molecular weight is 268 g/mol. The van der Waals surface area contributed by atoms with E-state index in [4.69, 9.17) is 16.3 Å². The van der Waals surface area contributed by atoms with Gasteiger partial charge in [-0.1, -0.05) is 17.7 Å². The van der Waals surface area contributed by atoms with Crippen molar-refractivity contribution in [1.82, 2.24) is 4.98 Å². The van der Waals surface area contributed by atoms with Crippen LogP contribution in [0.5, 0.6) is 5.75 Å². The Labute approximate surface area is 109 Å². The van der Waals surface area contributed by atoms with E-state index in [0.29, 0.717) is 11.3 Å². The monoisotopic (exact) mass is 267 g/mol.